The maximum Gasteiger partial charge on any atom is 0.246 e. The van der Waals surface area contributed by atoms with Gasteiger partial charge in [-0.1, -0.05) is 109 Å². The third-order valence-corrected chi connectivity index (χ3v) is 17.2. The molecule has 0 aromatic heterocycles. The maximum absolute atomic E-state index is 15.3. The van der Waals surface area contributed by atoms with E-state index < -0.39 is 155 Å². The highest BCUT2D eigenvalue weighted by Crippen LogP contribution is 2.26. The molecule has 1 rings (SSSR count). The summed E-state index contributed by atoms with van der Waals surface area (Å²) in [4.78, 5) is 174. The van der Waals surface area contributed by atoms with Gasteiger partial charge in [0.25, 0.3) is 0 Å². The highest BCUT2D eigenvalue weighted by atomic mass is 16.3. The van der Waals surface area contributed by atoms with E-state index >= 15 is 24.0 Å². The van der Waals surface area contributed by atoms with E-state index in [1.807, 2.05) is 73.3 Å². The summed E-state index contributed by atoms with van der Waals surface area (Å²) < 4.78 is 0. The minimum atomic E-state index is -1.63. The maximum atomic E-state index is 15.3. The Morgan fingerprint density at radius 1 is 0.444 bits per heavy atom. The topological polar surface area (TPSA) is 282 Å². The van der Waals surface area contributed by atoms with E-state index in [0.29, 0.717) is 13.0 Å². The van der Waals surface area contributed by atoms with E-state index in [0.717, 1.165) is 4.90 Å². The first kappa shape index (κ1) is 81.8. The predicted octanol–water partition coefficient (Wildman–Crippen LogP) is 3.59. The molecular formula is C66H120N12O12. The molecule has 1 saturated heterocycles. The van der Waals surface area contributed by atoms with Crippen LogP contribution >= 0.6 is 0 Å². The van der Waals surface area contributed by atoms with E-state index in [9.17, 15) is 33.9 Å². The summed E-state index contributed by atoms with van der Waals surface area (Å²) in [6.45, 7) is 30.3. The van der Waals surface area contributed by atoms with Gasteiger partial charge in [-0.3, -0.25) is 52.7 Å². The van der Waals surface area contributed by atoms with Crippen molar-refractivity contribution in [2.24, 2.45) is 41.4 Å². The Morgan fingerprint density at radius 2 is 0.833 bits per heavy atom. The van der Waals surface area contributed by atoms with Crippen LogP contribution in [0.5, 0.6) is 0 Å². The number of carbonyl (C=O) groups is 11. The summed E-state index contributed by atoms with van der Waals surface area (Å²) in [5.74, 6) is -9.74. The third kappa shape index (κ3) is 22.9. The summed E-state index contributed by atoms with van der Waals surface area (Å²) in [5.41, 5.74) is 0. The molecule has 0 bridgehead atoms. The van der Waals surface area contributed by atoms with Crippen molar-refractivity contribution >= 4 is 65.0 Å². The monoisotopic (exact) mass is 1270 g/mol. The zero-order valence-electron chi connectivity index (χ0n) is 59.8. The molecule has 24 heteroatoms. The Bertz CT molecular complexity index is 2450. The Kier molecular flexibility index (Phi) is 34.0. The Hall–Kier alpha value is -6.17. The number of likely N-dealkylation sites (N-methyl/N-ethyl adjacent to an activating group) is 7. The Morgan fingerprint density at radius 3 is 1.27 bits per heavy atom. The molecule has 1 heterocycles. The van der Waals surface area contributed by atoms with Gasteiger partial charge in [-0.2, -0.15) is 0 Å². The molecule has 13 atom stereocenters. The zero-order valence-corrected chi connectivity index (χ0v) is 59.8. The SMILES string of the molecule is C/C=C/C[C@@H](C)[C@@H](O)[C@H]1C(=O)N[C@@H](CC)C(=O)N(C)[C@H](CCN(C)C)C(=O)N(C)[C@@H](CC(C)C)C(=O)N[C@@H](C(C)C)C(=O)N(C)[C@@H](CC(C)C)C(=O)N[C@@H](C)C(=O)N[C@H](C)C(=O)N(C)[C@@H](CC(C)C)C(=O)N(C)[C@@H](CC(C)C)C(=O)N(C)[C@@H](C(C)C)C(=O)N1C. The molecule has 0 spiro atoms. The number of hydrogen-bond acceptors (Lipinski definition) is 13. The highest BCUT2D eigenvalue weighted by molar-refractivity contribution is 6.00. The van der Waals surface area contributed by atoms with E-state index in [-0.39, 0.29) is 62.2 Å². The second kappa shape index (κ2) is 37.4. The largest absolute Gasteiger partial charge is 0.390 e. The number of carbonyl (C=O) groups excluding carboxylic acids is 11. The fraction of sp³-hybridized carbons (Fsp3) is 0.803. The van der Waals surface area contributed by atoms with Crippen molar-refractivity contribution in [2.45, 2.75) is 235 Å². The number of aliphatic hydroxyl groups excluding tert-OH is 1. The van der Waals surface area contributed by atoms with E-state index in [1.165, 1.54) is 92.6 Å². The smallest absolute Gasteiger partial charge is 0.246 e. The minimum Gasteiger partial charge on any atom is -0.390 e. The molecule has 5 N–H and O–H groups in total. The van der Waals surface area contributed by atoms with Gasteiger partial charge in [-0.25, -0.2) is 0 Å². The van der Waals surface area contributed by atoms with Crippen LogP contribution in [0.4, 0.5) is 0 Å². The molecule has 0 radical (unpaired) electrons. The average molecular weight is 1270 g/mol. The first-order valence-corrected chi connectivity index (χ1v) is 32.6. The van der Waals surface area contributed by atoms with E-state index in [4.69, 9.17) is 0 Å². The molecule has 0 aromatic rings. The third-order valence-electron chi connectivity index (χ3n) is 17.2. The standard InChI is InChI=1S/C66H120N12O12/c1-27-29-30-43(15)55(79)54-59(83)69-46(28-2)61(85)72(20)47(31-32-71(18)19)62(86)73(21)49(34-38(5)6)58(82)70-52(41(11)12)65(89)74(22)48(33-37(3)4)57(81)67-44(16)56(80)68-45(17)60(84)75(23)50(35-39(7)8)63(87)76(24)51(36-40(9)10)64(88)77(25)53(42(13)14)66(90)78(54)26/h27,29,37-55,79H,28,30-36H2,1-26H3,(H,67,81)(H,68,80)(H,69,83)(H,70,82)/b29-27+/t43-,44+,45-,46+,47-,48+,49+,50+,51+,52+,53+,54+,55-/m1/s1. The van der Waals surface area contributed by atoms with Gasteiger partial charge in [0.2, 0.25) is 65.0 Å². The average Bonchev–Trinajstić information content (AvgIpc) is 1.07. The molecule has 11 amide bonds. The lowest BCUT2D eigenvalue weighted by atomic mass is 9.91. The molecular weight excluding hydrogens is 1150 g/mol. The Balaban J connectivity index is 4.51. The van der Waals surface area contributed by atoms with Crippen molar-refractivity contribution in [2.75, 3.05) is 70.0 Å². The fourth-order valence-corrected chi connectivity index (χ4v) is 11.5. The summed E-state index contributed by atoms with van der Waals surface area (Å²) in [5, 5.41) is 23.4. The minimum absolute atomic E-state index is 0.00938. The number of amides is 11. The number of rotatable bonds is 18. The van der Waals surface area contributed by atoms with Crippen LogP contribution < -0.4 is 21.3 Å². The van der Waals surface area contributed by atoms with Crippen LogP contribution in [0.3, 0.4) is 0 Å². The van der Waals surface area contributed by atoms with Crippen molar-refractivity contribution in [1.29, 1.82) is 0 Å². The molecule has 1 aliphatic rings. The summed E-state index contributed by atoms with van der Waals surface area (Å²) in [7, 11) is 13.7. The number of nitrogens with zero attached hydrogens (tertiary/aromatic N) is 8. The number of nitrogens with one attached hydrogen (secondary N) is 4. The van der Waals surface area contributed by atoms with E-state index in [1.54, 1.807) is 61.7 Å². The van der Waals surface area contributed by atoms with Crippen molar-refractivity contribution in [3.63, 3.8) is 0 Å². The van der Waals surface area contributed by atoms with Crippen LogP contribution in [0.2, 0.25) is 0 Å². The van der Waals surface area contributed by atoms with Crippen LogP contribution in [-0.2, 0) is 52.7 Å². The van der Waals surface area contributed by atoms with Gasteiger partial charge in [0, 0.05) is 49.3 Å². The van der Waals surface area contributed by atoms with Gasteiger partial charge in [0.1, 0.15) is 66.5 Å². The molecule has 0 saturated carbocycles. The Labute approximate surface area is 540 Å². The summed E-state index contributed by atoms with van der Waals surface area (Å²) >= 11 is 0. The first-order valence-electron chi connectivity index (χ1n) is 32.6. The van der Waals surface area contributed by atoms with Crippen LogP contribution in [0.1, 0.15) is 163 Å². The zero-order chi connectivity index (χ0) is 69.8. The summed E-state index contributed by atoms with van der Waals surface area (Å²) in [6.07, 6.45) is 3.09. The molecule has 24 nitrogen and oxygen atoms in total. The molecule has 1 fully saturated rings. The van der Waals surface area contributed by atoms with Crippen LogP contribution in [0, 0.1) is 41.4 Å². The normalized spacial score (nSPS) is 27.0. The first-order chi connectivity index (χ1) is 41.5. The fourth-order valence-electron chi connectivity index (χ4n) is 11.5. The number of hydrogen-bond donors (Lipinski definition) is 5. The number of aliphatic hydroxyl groups is 1. The van der Waals surface area contributed by atoms with Gasteiger partial charge in [0.05, 0.1) is 6.10 Å². The lowest BCUT2D eigenvalue weighted by Crippen LogP contribution is -2.64. The quantitative estimate of drug-likeness (QED) is 0.123. The van der Waals surface area contributed by atoms with Crippen LogP contribution in [-0.4, -0.2) is 252 Å². The van der Waals surface area contributed by atoms with Gasteiger partial charge in [0.15, 0.2) is 0 Å². The van der Waals surface area contributed by atoms with Crippen LogP contribution in [0.25, 0.3) is 0 Å². The summed E-state index contributed by atoms with van der Waals surface area (Å²) in [6, 6.07) is -13.7. The van der Waals surface area contributed by atoms with Gasteiger partial charge in [-0.05, 0) is 128 Å². The van der Waals surface area contributed by atoms with Gasteiger partial charge >= 0.3 is 0 Å². The van der Waals surface area contributed by atoms with Crippen LogP contribution in [0.15, 0.2) is 12.2 Å². The second-order valence-electron chi connectivity index (χ2n) is 27.9. The highest BCUT2D eigenvalue weighted by Gasteiger charge is 2.46. The number of allylic oxidation sites excluding steroid dienone is 2. The van der Waals surface area contributed by atoms with Crippen molar-refractivity contribution < 1.29 is 57.8 Å². The lowest BCUT2D eigenvalue weighted by Gasteiger charge is -2.41. The second-order valence-corrected chi connectivity index (χ2v) is 27.9. The van der Waals surface area contributed by atoms with Crippen molar-refractivity contribution in [3.05, 3.63) is 12.2 Å². The van der Waals surface area contributed by atoms with Crippen molar-refractivity contribution in [1.82, 2.24) is 60.5 Å². The molecule has 516 valence electrons. The molecule has 90 heavy (non-hydrogen) atoms. The van der Waals surface area contributed by atoms with E-state index in [2.05, 4.69) is 21.3 Å². The molecule has 0 unspecified atom stereocenters. The molecule has 0 aliphatic carbocycles. The molecule has 1 aliphatic heterocycles. The van der Waals surface area contributed by atoms with Gasteiger partial charge < -0.3 is 65.6 Å². The van der Waals surface area contributed by atoms with Gasteiger partial charge in [-0.15, -0.1) is 0 Å². The predicted molar refractivity (Wildman–Crippen MR) is 351 cm³/mol. The lowest BCUT2D eigenvalue weighted by molar-refractivity contribution is -0.157. The van der Waals surface area contributed by atoms with Crippen molar-refractivity contribution in [3.8, 4) is 0 Å². The molecule has 0 aromatic carbocycles.